The fourth-order valence-electron chi connectivity index (χ4n) is 11.0. The molecule has 2 aliphatic heterocycles. The number of fused-ring (bicyclic) bond motifs is 2. The van der Waals surface area contributed by atoms with Gasteiger partial charge in [-0.05, 0) is 169 Å². The molecule has 0 aliphatic carbocycles. The molecule has 2 atom stereocenters. The summed E-state index contributed by atoms with van der Waals surface area (Å²) >= 11 is 3.30. The van der Waals surface area contributed by atoms with E-state index in [2.05, 4.69) is 41.6 Å². The maximum Gasteiger partial charge on any atom is 0.506 e. The highest BCUT2D eigenvalue weighted by Gasteiger charge is 2.37. The van der Waals surface area contributed by atoms with Crippen molar-refractivity contribution in [3.63, 3.8) is 0 Å². The lowest BCUT2D eigenvalue weighted by Gasteiger charge is -2.21. The fraction of sp³-hybridized carbons (Fsp3) is 0.296. The van der Waals surface area contributed by atoms with Crippen molar-refractivity contribution >= 4 is 92.2 Å². The molecular weight excluding hydrogens is 1290 g/mol. The predicted molar refractivity (Wildman–Crippen MR) is 362 cm³/mol. The van der Waals surface area contributed by atoms with Gasteiger partial charge in [0.1, 0.15) is 42.3 Å². The van der Waals surface area contributed by atoms with Gasteiger partial charge in [0.15, 0.2) is 0 Å². The number of halogens is 1. The number of carbonyl (C=O) groups excluding carboxylic acids is 6. The van der Waals surface area contributed by atoms with Gasteiger partial charge in [-0.1, -0.05) is 101 Å². The summed E-state index contributed by atoms with van der Waals surface area (Å²) < 4.78 is 38.1. The van der Waals surface area contributed by atoms with Crippen LogP contribution in [0.2, 0.25) is 0 Å². The number of aromatic nitrogens is 6. The average molecular weight is 1370 g/mol. The van der Waals surface area contributed by atoms with Gasteiger partial charge in [0.05, 0.1) is 22.3 Å². The van der Waals surface area contributed by atoms with Gasteiger partial charge in [0.25, 0.3) is 0 Å². The maximum absolute atomic E-state index is 13.5. The highest BCUT2D eigenvalue weighted by molar-refractivity contribution is 9.10. The number of carbonyl (C=O) groups is 6. The lowest BCUT2D eigenvalue weighted by molar-refractivity contribution is -0.116. The Morgan fingerprint density at radius 1 is 0.552 bits per heavy atom. The van der Waals surface area contributed by atoms with E-state index >= 15 is 0 Å². The quantitative estimate of drug-likeness (QED) is 0.0714. The second-order valence-electron chi connectivity index (χ2n) is 25.1. The minimum atomic E-state index is -1.89. The van der Waals surface area contributed by atoms with Gasteiger partial charge in [0.2, 0.25) is 29.5 Å². The number of nitrogens with zero attached hydrogens (tertiary/aromatic N) is 8. The second kappa shape index (κ2) is 30.0. The standard InChI is InChI=1S/C36H36N4O6.C27H29BN4O7.C8H8BrNO/c1-23(41)19-24-12-14-26(15-13-24)31-21-28-20-27(16-17-29(28)40(31)35(43)46-36(2,3)4)32-37-38-33(45-32)30-11-8-18-39(30)34(42)44-22-25-9-6-5-7-10-25;1-27(2,3)39-26(34)32-20-12-11-18(14-19(20)15-22(32)28(35)36)23-29-30-24(38-23)21-10-7-13-31(21)25(33)37-16-17-8-5-4-6-9-17;1-6(11)10-8-4-2-7(9)3-5-8/h5-7,9-10,12-17,20-21,30H,8,11,18-19,22H2,1-4H3;4-6,8-9,11-12,14-15,21,35-36H,7,10,13,16H2,1-3H3;2-5H,1H3,(H,10,11)/t30-;21-;/m00./s1. The summed E-state index contributed by atoms with van der Waals surface area (Å²) in [5.74, 6) is 1.22. The lowest BCUT2D eigenvalue weighted by Crippen LogP contribution is -2.40. The number of hydrogen-bond acceptors (Lipinski definition) is 18. The third-order valence-electron chi connectivity index (χ3n) is 15.2. The molecule has 0 saturated carbocycles. The Hall–Kier alpha value is -10.2. The molecule has 96 heavy (non-hydrogen) atoms. The van der Waals surface area contributed by atoms with Crippen LogP contribution in [0.1, 0.15) is 122 Å². The molecule has 10 aromatic rings. The van der Waals surface area contributed by atoms with Gasteiger partial charge < -0.3 is 43.1 Å². The van der Waals surface area contributed by atoms with Crippen molar-refractivity contribution < 1.29 is 66.6 Å². The number of hydrogen-bond donors (Lipinski definition) is 3. The highest BCUT2D eigenvalue weighted by atomic mass is 79.9. The van der Waals surface area contributed by atoms with E-state index in [0.29, 0.717) is 83.3 Å². The number of benzene rings is 6. The second-order valence-corrected chi connectivity index (χ2v) is 26.0. The number of rotatable bonds is 13. The summed E-state index contributed by atoms with van der Waals surface area (Å²) in [6.45, 7) is 15.1. The molecule has 6 heterocycles. The van der Waals surface area contributed by atoms with E-state index in [1.165, 1.54) is 13.0 Å². The topological polar surface area (TPSA) is 286 Å². The number of anilines is 1. The van der Waals surface area contributed by atoms with Crippen molar-refractivity contribution in [2.75, 3.05) is 18.4 Å². The van der Waals surface area contributed by atoms with Crippen LogP contribution in [0.5, 0.6) is 0 Å². The largest absolute Gasteiger partial charge is 0.506 e. The molecule has 23 nitrogen and oxygen atoms in total. The summed E-state index contributed by atoms with van der Waals surface area (Å²) in [5, 5.41) is 40.7. The lowest BCUT2D eigenvalue weighted by atomic mass is 9.86. The molecule has 0 bridgehead atoms. The van der Waals surface area contributed by atoms with E-state index in [1.54, 1.807) is 60.3 Å². The van der Waals surface area contributed by atoms with E-state index in [4.69, 9.17) is 27.8 Å². The summed E-state index contributed by atoms with van der Waals surface area (Å²) in [4.78, 5) is 77.4. The molecule has 6 aromatic carbocycles. The van der Waals surface area contributed by atoms with Crippen molar-refractivity contribution in [2.24, 2.45) is 0 Å². The van der Waals surface area contributed by atoms with Crippen LogP contribution in [-0.2, 0) is 48.2 Å². The van der Waals surface area contributed by atoms with Crippen molar-refractivity contribution in [1.82, 2.24) is 39.3 Å². The number of amides is 3. The third kappa shape index (κ3) is 17.4. The van der Waals surface area contributed by atoms with Crippen LogP contribution in [-0.4, -0.2) is 117 Å². The minimum Gasteiger partial charge on any atom is -0.445 e. The number of Topliss-reactive ketones (excluding diaryl/α,β-unsaturated/α-hetero) is 1. The van der Waals surface area contributed by atoms with Gasteiger partial charge in [-0.25, -0.2) is 23.7 Å². The van der Waals surface area contributed by atoms with Crippen molar-refractivity contribution in [3.8, 4) is 34.2 Å². The van der Waals surface area contributed by atoms with Crippen LogP contribution in [0.25, 0.3) is 56.0 Å². The van der Waals surface area contributed by atoms with E-state index in [1.807, 2.05) is 154 Å². The first-order valence-corrected chi connectivity index (χ1v) is 32.0. The Kier molecular flexibility index (Phi) is 21.5. The maximum atomic E-state index is 13.5. The molecule has 0 radical (unpaired) electrons. The van der Waals surface area contributed by atoms with Crippen LogP contribution in [0.15, 0.2) is 171 Å². The first-order chi connectivity index (χ1) is 45.8. The molecule has 496 valence electrons. The first-order valence-electron chi connectivity index (χ1n) is 31.2. The molecule has 3 amide bonds. The Bertz CT molecular complexity index is 4410. The summed E-state index contributed by atoms with van der Waals surface area (Å²) in [5.41, 5.74) is 5.81. The molecule has 2 aliphatic rings. The molecular formula is C71H73BBrN9O14. The molecule has 0 unspecified atom stereocenters. The number of ketones is 1. The molecule has 12 rings (SSSR count). The number of nitrogens with one attached hydrogen (secondary N) is 1. The average Bonchev–Trinajstić information content (AvgIpc) is 1.62. The first kappa shape index (κ1) is 68.6. The van der Waals surface area contributed by atoms with Gasteiger partial charge in [-0.2, -0.15) is 0 Å². The van der Waals surface area contributed by atoms with E-state index in [0.717, 1.165) is 55.2 Å². The summed E-state index contributed by atoms with van der Waals surface area (Å²) in [6, 6.07) is 47.2. The molecule has 25 heteroatoms. The van der Waals surface area contributed by atoms with Crippen LogP contribution in [0, 0.1) is 0 Å². The zero-order valence-corrected chi connectivity index (χ0v) is 55.9. The van der Waals surface area contributed by atoms with Crippen LogP contribution >= 0.6 is 15.9 Å². The molecule has 3 N–H and O–H groups in total. The van der Waals surface area contributed by atoms with Crippen LogP contribution in [0.3, 0.4) is 0 Å². The minimum absolute atomic E-state index is 0.0294. The van der Waals surface area contributed by atoms with Crippen molar-refractivity contribution in [1.29, 1.82) is 0 Å². The monoisotopic (exact) mass is 1370 g/mol. The van der Waals surface area contributed by atoms with E-state index in [9.17, 15) is 38.8 Å². The van der Waals surface area contributed by atoms with Gasteiger partial charge in [-0.3, -0.25) is 24.0 Å². The predicted octanol–water partition coefficient (Wildman–Crippen LogP) is 13.8. The number of likely N-dealkylation sites (tertiary alicyclic amines) is 2. The van der Waals surface area contributed by atoms with Gasteiger partial charge >= 0.3 is 31.5 Å². The Morgan fingerprint density at radius 2 is 1.01 bits per heavy atom. The normalized spacial score (nSPS) is 14.5. The smallest absolute Gasteiger partial charge is 0.445 e. The Labute approximate surface area is 562 Å². The molecule has 2 saturated heterocycles. The molecule has 0 spiro atoms. The SMILES string of the molecule is CC(=O)Cc1ccc(-c2cc3cc(-c4nnc([C@@H]5CCCN5C(=O)OCc5ccccc5)o4)ccc3n2C(=O)OC(C)(C)C)cc1.CC(=O)Nc1ccc(Br)cc1.CC(C)(C)OC(=O)n1c(B(O)O)cc2cc(-c3nnc([C@@H]4CCCN4C(=O)OCc4ccccc4)o3)ccc21. The van der Waals surface area contributed by atoms with E-state index in [-0.39, 0.29) is 42.4 Å². The summed E-state index contributed by atoms with van der Waals surface area (Å²) in [6.07, 6.45) is 1.18. The van der Waals surface area contributed by atoms with Crippen molar-refractivity contribution in [3.05, 3.63) is 191 Å². The third-order valence-corrected chi connectivity index (χ3v) is 15.8. The van der Waals surface area contributed by atoms with Crippen LogP contribution < -0.4 is 10.9 Å². The molecule has 4 aromatic heterocycles. The Balaban J connectivity index is 0.000000182. The van der Waals surface area contributed by atoms with Gasteiger partial charge in [0, 0.05) is 58.5 Å². The fourth-order valence-corrected chi connectivity index (χ4v) is 11.3. The van der Waals surface area contributed by atoms with E-state index < -0.39 is 48.7 Å². The highest BCUT2D eigenvalue weighted by Crippen LogP contribution is 2.38. The molecule has 2 fully saturated rings. The van der Waals surface area contributed by atoms with Crippen LogP contribution in [0.4, 0.5) is 24.9 Å². The Morgan fingerprint density at radius 3 is 1.47 bits per heavy atom. The number of ether oxygens (including phenoxy) is 4. The zero-order valence-electron chi connectivity index (χ0n) is 54.4. The zero-order chi connectivity index (χ0) is 68.4. The van der Waals surface area contributed by atoms with Gasteiger partial charge in [-0.15, -0.1) is 20.4 Å². The van der Waals surface area contributed by atoms with Crippen molar-refractivity contribution in [2.45, 2.75) is 124 Å². The summed E-state index contributed by atoms with van der Waals surface area (Å²) in [7, 11) is -1.89.